The van der Waals surface area contributed by atoms with E-state index in [-0.39, 0.29) is 17.3 Å². The van der Waals surface area contributed by atoms with E-state index in [4.69, 9.17) is 9.47 Å². The number of carbonyl (C=O) groups excluding carboxylic acids is 1. The smallest absolute Gasteiger partial charge is 0.417 e. The first-order valence-corrected chi connectivity index (χ1v) is 16.2. The van der Waals surface area contributed by atoms with Crippen molar-refractivity contribution >= 4 is 28.6 Å². The Balaban J connectivity index is 1.54. The molecule has 5 rings (SSSR count). The average Bonchev–Trinajstić information content (AvgIpc) is 3.28. The number of hydrogen-bond acceptors (Lipinski definition) is 6. The Hall–Kier alpha value is -4.31. The van der Waals surface area contributed by atoms with Crippen molar-refractivity contribution in [1.29, 1.82) is 0 Å². The zero-order valence-corrected chi connectivity index (χ0v) is 28.1. The zero-order valence-electron chi connectivity index (χ0n) is 27.3. The van der Waals surface area contributed by atoms with Gasteiger partial charge in [0, 0.05) is 51.2 Å². The SMILES string of the molecule is CCOC(=O)C(Cc1cccc(-c2ccc(C(F)(F)F)cn2)c1)c1c(SC(C)(C)C)c2cc(OCc3ccc(C)cn3)ccc2n1C. The van der Waals surface area contributed by atoms with Gasteiger partial charge in [0.1, 0.15) is 18.3 Å². The Morgan fingerprint density at radius 2 is 1.77 bits per heavy atom. The van der Waals surface area contributed by atoms with Gasteiger partial charge in [-0.25, -0.2) is 0 Å². The van der Waals surface area contributed by atoms with Gasteiger partial charge in [0.25, 0.3) is 0 Å². The van der Waals surface area contributed by atoms with E-state index in [0.717, 1.165) is 50.6 Å². The van der Waals surface area contributed by atoms with Crippen LogP contribution in [0.3, 0.4) is 0 Å². The summed E-state index contributed by atoms with van der Waals surface area (Å²) in [7, 11) is 1.95. The number of rotatable bonds is 10. The number of esters is 1. The lowest BCUT2D eigenvalue weighted by molar-refractivity contribution is -0.145. The second kappa shape index (κ2) is 13.8. The Labute approximate surface area is 277 Å². The summed E-state index contributed by atoms with van der Waals surface area (Å²) in [6.45, 7) is 10.7. The van der Waals surface area contributed by atoms with E-state index in [1.165, 1.54) is 6.07 Å². The van der Waals surface area contributed by atoms with Gasteiger partial charge in [-0.3, -0.25) is 14.8 Å². The Morgan fingerprint density at radius 1 is 0.979 bits per heavy atom. The number of aryl methyl sites for hydroxylation is 2. The maximum atomic E-state index is 13.7. The molecule has 0 radical (unpaired) electrons. The third kappa shape index (κ3) is 8.16. The van der Waals surface area contributed by atoms with Crippen LogP contribution in [0.25, 0.3) is 22.2 Å². The monoisotopic (exact) mass is 661 g/mol. The first-order chi connectivity index (χ1) is 22.2. The number of carbonyl (C=O) groups is 1. The van der Waals surface area contributed by atoms with Crippen molar-refractivity contribution < 1.29 is 27.4 Å². The molecular formula is C37H38F3N3O3S. The quantitative estimate of drug-likeness (QED) is 0.110. The number of thioether (sulfide) groups is 1. The number of hydrogen-bond donors (Lipinski definition) is 0. The van der Waals surface area contributed by atoms with E-state index in [2.05, 4.69) is 35.3 Å². The molecule has 2 aromatic carbocycles. The van der Waals surface area contributed by atoms with Crippen LogP contribution in [0, 0.1) is 6.92 Å². The first-order valence-electron chi connectivity index (χ1n) is 15.4. The maximum absolute atomic E-state index is 13.7. The van der Waals surface area contributed by atoms with Crippen LogP contribution in [0.15, 0.2) is 84.0 Å². The topological polar surface area (TPSA) is 66.2 Å². The molecular weight excluding hydrogens is 623 g/mol. The fourth-order valence-corrected chi connectivity index (χ4v) is 6.68. The van der Waals surface area contributed by atoms with Gasteiger partial charge in [0.2, 0.25) is 0 Å². The minimum Gasteiger partial charge on any atom is -0.487 e. The molecule has 3 heterocycles. The molecule has 47 heavy (non-hydrogen) atoms. The van der Waals surface area contributed by atoms with Gasteiger partial charge in [0.05, 0.1) is 23.6 Å². The highest BCUT2D eigenvalue weighted by molar-refractivity contribution is 8.00. The number of halogens is 3. The number of nitrogens with zero attached hydrogens (tertiary/aromatic N) is 3. The van der Waals surface area contributed by atoms with Gasteiger partial charge in [-0.2, -0.15) is 13.2 Å². The molecule has 0 amide bonds. The van der Waals surface area contributed by atoms with Gasteiger partial charge in [-0.1, -0.05) is 45.0 Å². The number of alkyl halides is 3. The lowest BCUT2D eigenvalue weighted by atomic mass is 9.94. The minimum absolute atomic E-state index is 0.181. The molecule has 1 unspecified atom stereocenters. The lowest BCUT2D eigenvalue weighted by Gasteiger charge is -2.23. The highest BCUT2D eigenvalue weighted by atomic mass is 32.2. The molecule has 5 aromatic rings. The van der Waals surface area contributed by atoms with E-state index in [0.29, 0.717) is 30.0 Å². The molecule has 0 aliphatic carbocycles. The summed E-state index contributed by atoms with van der Waals surface area (Å²) in [5, 5.41) is 0.966. The van der Waals surface area contributed by atoms with Crippen LogP contribution in [0.4, 0.5) is 13.2 Å². The lowest BCUT2D eigenvalue weighted by Crippen LogP contribution is -2.22. The van der Waals surface area contributed by atoms with Crippen molar-refractivity contribution in [3.05, 3.63) is 107 Å². The summed E-state index contributed by atoms with van der Waals surface area (Å²) >= 11 is 1.68. The average molecular weight is 662 g/mol. The predicted octanol–water partition coefficient (Wildman–Crippen LogP) is 9.32. The summed E-state index contributed by atoms with van der Waals surface area (Å²) in [5.41, 5.74) is 4.77. The van der Waals surface area contributed by atoms with Gasteiger partial charge < -0.3 is 14.0 Å². The molecule has 10 heteroatoms. The summed E-state index contributed by atoms with van der Waals surface area (Å²) in [6.07, 6.45) is -1.50. The molecule has 0 N–H and O–H groups in total. The number of fused-ring (bicyclic) bond motifs is 1. The molecule has 0 bridgehead atoms. The van der Waals surface area contributed by atoms with Crippen LogP contribution < -0.4 is 4.74 Å². The summed E-state index contributed by atoms with van der Waals surface area (Å²) in [5.74, 6) is -0.319. The van der Waals surface area contributed by atoms with E-state index < -0.39 is 17.7 Å². The Kier molecular flexibility index (Phi) is 10.0. The van der Waals surface area contributed by atoms with Crippen LogP contribution in [-0.4, -0.2) is 31.9 Å². The second-order valence-corrected chi connectivity index (χ2v) is 14.3. The number of pyridine rings is 2. The highest BCUT2D eigenvalue weighted by Crippen LogP contribution is 2.45. The summed E-state index contributed by atoms with van der Waals surface area (Å²) < 4.78 is 53.0. The summed E-state index contributed by atoms with van der Waals surface area (Å²) in [6, 6.07) is 19.7. The fraction of sp³-hybridized carbons (Fsp3) is 0.324. The molecule has 246 valence electrons. The Morgan fingerprint density at radius 3 is 2.40 bits per heavy atom. The normalized spacial score (nSPS) is 12.7. The number of benzene rings is 2. The van der Waals surface area contributed by atoms with Crippen molar-refractivity contribution in [2.24, 2.45) is 7.05 Å². The van der Waals surface area contributed by atoms with Gasteiger partial charge in [0.15, 0.2) is 0 Å². The van der Waals surface area contributed by atoms with Crippen LogP contribution >= 0.6 is 11.8 Å². The third-order valence-electron chi connectivity index (χ3n) is 7.59. The number of ether oxygens (including phenoxy) is 2. The molecule has 0 fully saturated rings. The molecule has 1 atom stereocenters. The molecule has 0 saturated carbocycles. The fourth-order valence-electron chi connectivity index (χ4n) is 5.41. The minimum atomic E-state index is -4.47. The van der Waals surface area contributed by atoms with Crippen LogP contribution in [0.1, 0.15) is 61.7 Å². The molecule has 6 nitrogen and oxygen atoms in total. The molecule has 0 spiro atoms. The second-order valence-electron chi connectivity index (χ2n) is 12.4. The van der Waals surface area contributed by atoms with E-state index in [1.54, 1.807) is 24.8 Å². The molecule has 0 aliphatic heterocycles. The number of aromatic nitrogens is 3. The van der Waals surface area contributed by atoms with Crippen LogP contribution in [0.5, 0.6) is 5.75 Å². The van der Waals surface area contributed by atoms with E-state index >= 15 is 0 Å². The van der Waals surface area contributed by atoms with Gasteiger partial charge in [-0.15, -0.1) is 11.8 Å². The molecule has 0 aliphatic rings. The van der Waals surface area contributed by atoms with Gasteiger partial charge >= 0.3 is 12.1 Å². The van der Waals surface area contributed by atoms with Crippen molar-refractivity contribution in [3.63, 3.8) is 0 Å². The van der Waals surface area contributed by atoms with Crippen LogP contribution in [-0.2, 0) is 35.8 Å². The van der Waals surface area contributed by atoms with Crippen molar-refractivity contribution in [2.75, 3.05) is 6.61 Å². The largest absolute Gasteiger partial charge is 0.487 e. The standard InChI is InChI=1S/C37H38F3N3O3S/c1-7-45-35(44)30(18-24-9-8-10-25(17-24)31-15-12-26(21-42-31)37(38,39)40)33-34(47-36(3,4)5)29-19-28(14-16-32(29)43(33)6)46-22-27-13-11-23(2)20-41-27/h8-17,19-21,30H,7,18,22H2,1-6H3. The van der Waals surface area contributed by atoms with Crippen molar-refractivity contribution in [3.8, 4) is 17.0 Å². The van der Waals surface area contributed by atoms with E-state index in [1.807, 2.05) is 68.7 Å². The highest BCUT2D eigenvalue weighted by Gasteiger charge is 2.33. The van der Waals surface area contributed by atoms with Gasteiger partial charge in [-0.05, 0) is 73.9 Å². The maximum Gasteiger partial charge on any atom is 0.417 e. The first kappa shape index (κ1) is 34.0. The van der Waals surface area contributed by atoms with Crippen LogP contribution in [0.2, 0.25) is 0 Å². The predicted molar refractivity (Wildman–Crippen MR) is 180 cm³/mol. The van der Waals surface area contributed by atoms with Crippen molar-refractivity contribution in [2.45, 2.75) is 69.4 Å². The third-order valence-corrected chi connectivity index (χ3v) is 8.84. The summed E-state index contributed by atoms with van der Waals surface area (Å²) in [4.78, 5) is 23.2. The van der Waals surface area contributed by atoms with Crippen molar-refractivity contribution in [1.82, 2.24) is 14.5 Å². The Bertz CT molecular complexity index is 1860. The zero-order chi connectivity index (χ0) is 33.9. The van der Waals surface area contributed by atoms with E-state index in [9.17, 15) is 18.0 Å². The molecule has 3 aromatic heterocycles. The molecule has 0 saturated heterocycles.